The first kappa shape index (κ1) is 30.1. The normalized spacial score (nSPS) is 10.4. The molecule has 0 aliphatic rings. The Labute approximate surface area is 172 Å². The molecule has 0 atom stereocenters. The Morgan fingerprint density at radius 2 is 1.54 bits per heavy atom. The summed E-state index contributed by atoms with van der Waals surface area (Å²) in [5, 5.41) is 7.32. The molecule has 0 aromatic carbocycles. The fourth-order valence-corrected chi connectivity index (χ4v) is 1.54. The molecule has 4 heteroatoms. The quantitative estimate of drug-likeness (QED) is 0.158. The molecule has 0 radical (unpaired) electrons. The lowest BCUT2D eigenvalue weighted by Gasteiger charge is -1.96. The van der Waals surface area contributed by atoms with Crippen LogP contribution < -0.4 is 0 Å². The molecular formula is C24H37NO3. The Balaban J connectivity index is -0.000000399. The molecule has 0 unspecified atom stereocenters. The lowest BCUT2D eigenvalue weighted by molar-refractivity contribution is -0.139. The van der Waals surface area contributed by atoms with Crippen LogP contribution in [0.4, 0.5) is 0 Å². The predicted octanol–water partition coefficient (Wildman–Crippen LogP) is 6.43. The number of aldehydes is 1. The van der Waals surface area contributed by atoms with Gasteiger partial charge in [0.25, 0.3) is 0 Å². The topological polar surface area (TPSA) is 67.2 Å². The van der Waals surface area contributed by atoms with Crippen molar-refractivity contribution in [2.45, 2.75) is 68.2 Å². The average Bonchev–Trinajstić information content (AvgIpc) is 2.55. The Morgan fingerprint density at radius 1 is 0.964 bits per heavy atom. The smallest absolute Gasteiger partial charge is 0.302 e. The lowest BCUT2D eigenvalue weighted by Crippen LogP contribution is -1.97. The van der Waals surface area contributed by atoms with Crippen LogP contribution in [0, 0.1) is 11.3 Å². The van der Waals surface area contributed by atoms with E-state index in [4.69, 9.17) is 10.00 Å². The van der Waals surface area contributed by atoms with E-state index in [9.17, 15) is 9.59 Å². The summed E-state index contributed by atoms with van der Waals surface area (Å²) in [7, 11) is 0. The molecule has 156 valence electrons. The van der Waals surface area contributed by atoms with Crippen LogP contribution in [0.3, 0.4) is 0 Å². The second-order valence-electron chi connectivity index (χ2n) is 6.55. The maximum absolute atomic E-state index is 10.4. The first-order chi connectivity index (χ1) is 13.1. The largest absolute Gasteiger partial charge is 0.462 e. The van der Waals surface area contributed by atoms with Gasteiger partial charge in [0.2, 0.25) is 0 Å². The molecule has 0 aliphatic heterocycles. The van der Waals surface area contributed by atoms with Crippen LogP contribution in [-0.2, 0) is 14.3 Å². The zero-order valence-electron chi connectivity index (χ0n) is 18.8. The van der Waals surface area contributed by atoms with Crippen LogP contribution in [0.2, 0.25) is 0 Å². The maximum Gasteiger partial charge on any atom is 0.302 e. The molecule has 0 amide bonds. The van der Waals surface area contributed by atoms with Crippen LogP contribution in [0.25, 0.3) is 0 Å². The maximum atomic E-state index is 10.4. The van der Waals surface area contributed by atoms with Crippen LogP contribution in [0.1, 0.15) is 68.2 Å². The van der Waals surface area contributed by atoms with E-state index in [1.165, 1.54) is 25.0 Å². The van der Waals surface area contributed by atoms with E-state index in [2.05, 4.69) is 19.9 Å². The molecule has 0 spiro atoms. The van der Waals surface area contributed by atoms with Gasteiger partial charge in [-0.15, -0.1) is 0 Å². The van der Waals surface area contributed by atoms with Crippen LogP contribution >= 0.6 is 0 Å². The third-order valence-electron chi connectivity index (χ3n) is 2.92. The summed E-state index contributed by atoms with van der Waals surface area (Å²) in [4.78, 5) is 20.5. The van der Waals surface area contributed by atoms with E-state index in [1.807, 2.05) is 52.0 Å². The Kier molecular flexibility index (Phi) is 24.0. The molecule has 0 aliphatic carbocycles. The summed E-state index contributed by atoms with van der Waals surface area (Å²) in [6.07, 6.45) is 14.5. The highest BCUT2D eigenvalue weighted by Crippen LogP contribution is 2.05. The first-order valence-corrected chi connectivity index (χ1v) is 9.27. The molecule has 0 bridgehead atoms. The molecular weight excluding hydrogens is 350 g/mol. The summed E-state index contributed by atoms with van der Waals surface area (Å²) >= 11 is 0. The SMILES string of the molecule is CC#N.CC(=O)OC/C=C(C)/C=C/C=C(C)C.CC(C)=CCC/C(C)=C/C=O. The minimum Gasteiger partial charge on any atom is -0.462 e. The van der Waals surface area contributed by atoms with Gasteiger partial charge in [-0.05, 0) is 66.5 Å². The van der Waals surface area contributed by atoms with Gasteiger partial charge in [-0.3, -0.25) is 9.59 Å². The Morgan fingerprint density at radius 3 is 1.96 bits per heavy atom. The average molecular weight is 388 g/mol. The lowest BCUT2D eigenvalue weighted by atomic mass is 10.1. The van der Waals surface area contributed by atoms with Crippen molar-refractivity contribution in [2.24, 2.45) is 0 Å². The van der Waals surface area contributed by atoms with Gasteiger partial charge in [0.1, 0.15) is 12.9 Å². The summed E-state index contributed by atoms with van der Waals surface area (Å²) in [5.74, 6) is -0.248. The number of carbonyl (C=O) groups is 2. The van der Waals surface area contributed by atoms with E-state index in [0.717, 1.165) is 30.3 Å². The Bertz CT molecular complexity index is 619. The fourth-order valence-electron chi connectivity index (χ4n) is 1.54. The van der Waals surface area contributed by atoms with Crippen molar-refractivity contribution < 1.29 is 14.3 Å². The van der Waals surface area contributed by atoms with Gasteiger partial charge in [0.05, 0.1) is 6.07 Å². The highest BCUT2D eigenvalue weighted by atomic mass is 16.5. The molecule has 0 rings (SSSR count). The van der Waals surface area contributed by atoms with Crippen LogP contribution in [0.5, 0.6) is 0 Å². The second kappa shape index (κ2) is 22.4. The number of rotatable bonds is 8. The molecule has 28 heavy (non-hydrogen) atoms. The number of carbonyl (C=O) groups excluding carboxylic acids is 2. The van der Waals surface area contributed by atoms with Gasteiger partial charge in [-0.1, -0.05) is 46.6 Å². The summed E-state index contributed by atoms with van der Waals surface area (Å²) in [6.45, 7) is 15.4. The van der Waals surface area contributed by atoms with Gasteiger partial charge in [0, 0.05) is 13.8 Å². The van der Waals surface area contributed by atoms with Gasteiger partial charge in [0.15, 0.2) is 0 Å². The molecule has 0 saturated carbocycles. The minimum absolute atomic E-state index is 0.248. The number of hydrogen-bond acceptors (Lipinski definition) is 4. The highest BCUT2D eigenvalue weighted by Gasteiger charge is 1.88. The predicted molar refractivity (Wildman–Crippen MR) is 119 cm³/mol. The monoisotopic (exact) mass is 387 g/mol. The number of hydrogen-bond donors (Lipinski definition) is 0. The highest BCUT2D eigenvalue weighted by molar-refractivity contribution is 5.66. The van der Waals surface area contributed by atoms with Crippen molar-refractivity contribution in [2.75, 3.05) is 6.61 Å². The third kappa shape index (κ3) is 34.6. The molecule has 0 heterocycles. The van der Waals surface area contributed by atoms with E-state index < -0.39 is 0 Å². The summed E-state index contributed by atoms with van der Waals surface area (Å²) in [6, 6.07) is 1.75. The van der Waals surface area contributed by atoms with E-state index >= 15 is 0 Å². The van der Waals surface area contributed by atoms with Crippen molar-refractivity contribution in [3.05, 3.63) is 58.7 Å². The van der Waals surface area contributed by atoms with Crippen molar-refractivity contribution in [1.82, 2.24) is 0 Å². The van der Waals surface area contributed by atoms with Crippen molar-refractivity contribution >= 4 is 12.3 Å². The molecule has 0 N–H and O–H groups in total. The van der Waals surface area contributed by atoms with Gasteiger partial charge >= 0.3 is 5.97 Å². The van der Waals surface area contributed by atoms with Crippen molar-refractivity contribution in [3.63, 3.8) is 0 Å². The molecule has 0 aromatic rings. The Hall–Kier alpha value is -2.67. The summed E-state index contributed by atoms with van der Waals surface area (Å²) < 4.78 is 4.78. The fraction of sp³-hybridized carbons (Fsp3) is 0.458. The van der Waals surface area contributed by atoms with Crippen molar-refractivity contribution in [3.8, 4) is 6.07 Å². The van der Waals surface area contributed by atoms with E-state index in [1.54, 1.807) is 12.1 Å². The number of nitriles is 1. The van der Waals surface area contributed by atoms with Gasteiger partial charge in [-0.2, -0.15) is 5.26 Å². The number of allylic oxidation sites excluding steroid dienone is 9. The van der Waals surface area contributed by atoms with E-state index in [-0.39, 0.29) is 5.97 Å². The second-order valence-corrected chi connectivity index (χ2v) is 6.55. The van der Waals surface area contributed by atoms with Gasteiger partial charge < -0.3 is 4.74 Å². The minimum atomic E-state index is -0.248. The zero-order chi connectivity index (χ0) is 22.4. The number of ether oxygens (including phenoxy) is 1. The molecule has 0 saturated heterocycles. The molecule has 0 aromatic heterocycles. The van der Waals surface area contributed by atoms with Crippen LogP contribution in [-0.4, -0.2) is 18.9 Å². The standard InChI is InChI=1S/C12H18O2.C10H16O.C2H3N/c1-10(2)6-5-7-11(3)8-9-14-12(4)13;1-9(2)5-4-6-10(3)7-8-11;1-2-3/h5-8H,9H2,1-4H3;5,7-8H,4,6H2,1-3H3;1H3/b7-5+,11-8+;10-7+;. The van der Waals surface area contributed by atoms with Gasteiger partial charge in [-0.25, -0.2) is 0 Å². The van der Waals surface area contributed by atoms with Crippen molar-refractivity contribution in [1.29, 1.82) is 5.26 Å². The first-order valence-electron chi connectivity index (χ1n) is 9.27. The van der Waals surface area contributed by atoms with E-state index in [0.29, 0.717) is 6.61 Å². The molecule has 0 fully saturated rings. The molecule has 4 nitrogen and oxygen atoms in total. The number of esters is 1. The van der Waals surface area contributed by atoms with Crippen LogP contribution in [0.15, 0.2) is 58.7 Å². The zero-order valence-corrected chi connectivity index (χ0v) is 18.8. The third-order valence-corrected chi connectivity index (χ3v) is 2.92. The summed E-state index contributed by atoms with van der Waals surface area (Å²) in [5.41, 5.74) is 4.83. The number of nitrogens with zero attached hydrogens (tertiary/aromatic N) is 1.